The first-order valence-corrected chi connectivity index (χ1v) is 9.70. The van der Waals surface area contributed by atoms with Crippen LogP contribution in [0.4, 0.5) is 15.9 Å². The molecule has 2 unspecified atom stereocenters. The van der Waals surface area contributed by atoms with E-state index in [4.69, 9.17) is 9.26 Å². The number of hydrogen-bond acceptors (Lipinski definition) is 6. The molecule has 0 bridgehead atoms. The van der Waals surface area contributed by atoms with E-state index in [9.17, 15) is 4.79 Å². The van der Waals surface area contributed by atoms with E-state index in [1.165, 1.54) is 0 Å². The number of aromatic nitrogens is 1. The normalized spacial score (nSPS) is 19.5. The predicted molar refractivity (Wildman–Crippen MR) is 110 cm³/mol. The molecule has 7 heteroatoms. The molecule has 0 saturated carbocycles. The lowest BCUT2D eigenvalue weighted by atomic mass is 10.1. The molecule has 1 aliphatic heterocycles. The molecule has 0 spiro atoms. The van der Waals surface area contributed by atoms with Gasteiger partial charge in [0, 0.05) is 32.2 Å². The molecule has 1 aliphatic rings. The van der Waals surface area contributed by atoms with Crippen LogP contribution in [0.15, 0.2) is 40.9 Å². The summed E-state index contributed by atoms with van der Waals surface area (Å²) in [6.45, 7) is 5.46. The van der Waals surface area contributed by atoms with Crippen molar-refractivity contribution in [1.29, 1.82) is 0 Å². The third-order valence-corrected chi connectivity index (χ3v) is 5.18. The molecule has 0 radical (unpaired) electrons. The minimum atomic E-state index is -0.558. The lowest BCUT2D eigenvalue weighted by Crippen LogP contribution is -2.46. The van der Waals surface area contributed by atoms with Gasteiger partial charge in [0.05, 0.1) is 23.3 Å². The molecule has 4 rings (SSSR count). The molecule has 0 N–H and O–H groups in total. The first-order chi connectivity index (χ1) is 14.0. The second-order valence-corrected chi connectivity index (χ2v) is 7.63. The molecule has 2 aromatic carbocycles. The average molecular weight is 397 g/mol. The number of fused-ring (bicyclic) bond motifs is 1. The summed E-state index contributed by atoms with van der Waals surface area (Å²) in [6.07, 6.45) is 0.572. The van der Waals surface area contributed by atoms with E-state index in [0.29, 0.717) is 37.1 Å². The maximum absolute atomic E-state index is 15.5. The molecule has 2 atom stereocenters. The van der Waals surface area contributed by atoms with Crippen LogP contribution in [0.2, 0.25) is 0 Å². The molecule has 1 fully saturated rings. The number of benzene rings is 2. The second-order valence-electron chi connectivity index (χ2n) is 7.63. The van der Waals surface area contributed by atoms with E-state index in [2.05, 4.69) is 5.16 Å². The number of anilines is 2. The van der Waals surface area contributed by atoms with Crippen LogP contribution < -0.4 is 9.80 Å². The first kappa shape index (κ1) is 19.4. The summed E-state index contributed by atoms with van der Waals surface area (Å²) >= 11 is 0. The lowest BCUT2D eigenvalue weighted by Gasteiger charge is -2.37. The van der Waals surface area contributed by atoms with Crippen molar-refractivity contribution in [2.75, 3.05) is 29.9 Å². The number of nitrogens with zero attached hydrogens (tertiary/aromatic N) is 3. The number of hydrogen-bond donors (Lipinski definition) is 0. The van der Waals surface area contributed by atoms with Crippen LogP contribution in [-0.4, -0.2) is 43.8 Å². The average Bonchev–Trinajstić information content (AvgIpc) is 3.12. The van der Waals surface area contributed by atoms with Crippen molar-refractivity contribution in [3.63, 3.8) is 0 Å². The van der Waals surface area contributed by atoms with Gasteiger partial charge in [0.2, 0.25) is 5.58 Å². The number of morpholine rings is 1. The predicted octanol–water partition coefficient (Wildman–Crippen LogP) is 4.03. The van der Waals surface area contributed by atoms with Gasteiger partial charge in [-0.2, -0.15) is 0 Å². The third-order valence-electron chi connectivity index (χ3n) is 5.18. The first-order valence-electron chi connectivity index (χ1n) is 9.70. The Morgan fingerprint density at radius 3 is 2.59 bits per heavy atom. The van der Waals surface area contributed by atoms with Crippen LogP contribution in [0.3, 0.4) is 0 Å². The van der Waals surface area contributed by atoms with Crippen LogP contribution in [0.25, 0.3) is 11.0 Å². The van der Waals surface area contributed by atoms with Crippen molar-refractivity contribution in [3.8, 4) is 0 Å². The monoisotopic (exact) mass is 397 g/mol. The summed E-state index contributed by atoms with van der Waals surface area (Å²) in [5.41, 5.74) is 1.69. The SMILES string of the molecule is CC1CN(c2c(C=O)cc3c(N(C)Cc4ccccc4)noc3c2F)CC(C)O1. The minimum absolute atomic E-state index is 0.0596. The maximum Gasteiger partial charge on any atom is 0.206 e. The summed E-state index contributed by atoms with van der Waals surface area (Å²) in [6, 6.07) is 11.6. The standard InChI is InChI=1S/C22H24FN3O3/c1-14-10-26(11-15(2)28-14)20-17(13-27)9-18-21(19(20)23)29-24-22(18)25(3)12-16-7-5-4-6-8-16/h4-9,13-15H,10-12H2,1-3H3. The molecule has 0 amide bonds. The molecule has 1 saturated heterocycles. The smallest absolute Gasteiger partial charge is 0.206 e. The van der Waals surface area contributed by atoms with Gasteiger partial charge < -0.3 is 19.1 Å². The summed E-state index contributed by atoms with van der Waals surface area (Å²) in [7, 11) is 1.86. The van der Waals surface area contributed by atoms with Crippen LogP contribution >= 0.6 is 0 Å². The Bertz CT molecular complexity index is 1010. The second kappa shape index (κ2) is 7.83. The molecule has 0 aliphatic carbocycles. The third kappa shape index (κ3) is 3.70. The number of halogens is 1. The largest absolute Gasteiger partial charge is 0.372 e. The molecule has 29 heavy (non-hydrogen) atoms. The molecular weight excluding hydrogens is 373 g/mol. The van der Waals surface area contributed by atoms with Gasteiger partial charge in [0.15, 0.2) is 17.9 Å². The summed E-state index contributed by atoms with van der Waals surface area (Å²) in [5, 5.41) is 4.58. The number of rotatable bonds is 5. The van der Waals surface area contributed by atoms with Gasteiger partial charge in [0.1, 0.15) is 0 Å². The zero-order valence-electron chi connectivity index (χ0n) is 16.8. The Kier molecular flexibility index (Phi) is 5.24. The van der Waals surface area contributed by atoms with Crippen molar-refractivity contribution in [3.05, 3.63) is 53.3 Å². The van der Waals surface area contributed by atoms with Gasteiger partial charge in [0.25, 0.3) is 0 Å². The zero-order valence-corrected chi connectivity index (χ0v) is 16.8. The highest BCUT2D eigenvalue weighted by Gasteiger charge is 2.29. The molecule has 1 aromatic heterocycles. The van der Waals surface area contributed by atoms with E-state index in [1.807, 2.05) is 61.0 Å². The maximum atomic E-state index is 15.5. The van der Waals surface area contributed by atoms with E-state index in [-0.39, 0.29) is 29.0 Å². The van der Waals surface area contributed by atoms with Crippen molar-refractivity contribution in [1.82, 2.24) is 5.16 Å². The van der Waals surface area contributed by atoms with Gasteiger partial charge in [-0.3, -0.25) is 4.79 Å². The van der Waals surface area contributed by atoms with Gasteiger partial charge in [-0.1, -0.05) is 35.5 Å². The number of ether oxygens (including phenoxy) is 1. The van der Waals surface area contributed by atoms with Gasteiger partial charge in [-0.05, 0) is 25.5 Å². The van der Waals surface area contributed by atoms with Crippen LogP contribution in [0, 0.1) is 5.82 Å². The van der Waals surface area contributed by atoms with E-state index >= 15 is 4.39 Å². The zero-order chi connectivity index (χ0) is 20.5. The van der Waals surface area contributed by atoms with E-state index in [1.54, 1.807) is 6.07 Å². The van der Waals surface area contributed by atoms with E-state index < -0.39 is 5.82 Å². The Morgan fingerprint density at radius 1 is 1.24 bits per heavy atom. The Morgan fingerprint density at radius 2 is 1.93 bits per heavy atom. The van der Waals surface area contributed by atoms with Crippen LogP contribution in [0.1, 0.15) is 29.8 Å². The Balaban J connectivity index is 1.74. The Labute approximate surface area is 168 Å². The number of aldehydes is 1. The number of carbonyl (C=O) groups excluding carboxylic acids is 1. The molecule has 6 nitrogen and oxygen atoms in total. The van der Waals surface area contributed by atoms with Crippen LogP contribution in [-0.2, 0) is 11.3 Å². The Hall–Kier alpha value is -2.93. The minimum Gasteiger partial charge on any atom is -0.372 e. The fourth-order valence-electron chi connectivity index (χ4n) is 4.01. The van der Waals surface area contributed by atoms with Gasteiger partial charge in [-0.25, -0.2) is 4.39 Å². The highest BCUT2D eigenvalue weighted by molar-refractivity contribution is 5.99. The fraction of sp³-hybridized carbons (Fsp3) is 0.364. The summed E-state index contributed by atoms with van der Waals surface area (Å²) < 4.78 is 26.6. The van der Waals surface area contributed by atoms with Crippen molar-refractivity contribution in [2.45, 2.75) is 32.6 Å². The molecular formula is C22H24FN3O3. The van der Waals surface area contributed by atoms with Crippen molar-refractivity contribution >= 4 is 28.8 Å². The quantitative estimate of drug-likeness (QED) is 0.606. The summed E-state index contributed by atoms with van der Waals surface area (Å²) in [5.74, 6) is -0.0566. The van der Waals surface area contributed by atoms with Crippen molar-refractivity contribution in [2.24, 2.45) is 0 Å². The van der Waals surface area contributed by atoms with Crippen molar-refractivity contribution < 1.29 is 18.4 Å². The lowest BCUT2D eigenvalue weighted by molar-refractivity contribution is -0.00543. The van der Waals surface area contributed by atoms with E-state index in [0.717, 1.165) is 5.56 Å². The molecule has 152 valence electrons. The van der Waals surface area contributed by atoms with Gasteiger partial charge >= 0.3 is 0 Å². The highest BCUT2D eigenvalue weighted by atomic mass is 19.1. The number of carbonyl (C=O) groups is 1. The highest BCUT2D eigenvalue weighted by Crippen LogP contribution is 2.36. The molecule has 2 heterocycles. The molecule has 3 aromatic rings. The van der Waals surface area contributed by atoms with Gasteiger partial charge in [-0.15, -0.1) is 0 Å². The summed E-state index contributed by atoms with van der Waals surface area (Å²) in [4.78, 5) is 15.6. The topological polar surface area (TPSA) is 58.8 Å². The van der Waals surface area contributed by atoms with Crippen LogP contribution in [0.5, 0.6) is 0 Å². The fourth-order valence-corrected chi connectivity index (χ4v) is 4.01.